The summed E-state index contributed by atoms with van der Waals surface area (Å²) in [4.78, 5) is 2.37. The third kappa shape index (κ3) is 1.93. The number of rotatable bonds is 3. The summed E-state index contributed by atoms with van der Waals surface area (Å²) < 4.78 is 5.48. The van der Waals surface area contributed by atoms with Crippen molar-refractivity contribution in [3.63, 3.8) is 0 Å². The van der Waals surface area contributed by atoms with Crippen LogP contribution in [0.3, 0.4) is 0 Å². The molecule has 2 saturated heterocycles. The largest absolute Gasteiger partial charge is 0.388 e. The van der Waals surface area contributed by atoms with Crippen LogP contribution in [0.4, 0.5) is 0 Å². The molecule has 0 aromatic heterocycles. The molecular weight excluding hydrogens is 180 g/mol. The van der Waals surface area contributed by atoms with Gasteiger partial charge >= 0.3 is 0 Å². The van der Waals surface area contributed by atoms with Crippen LogP contribution in [0.2, 0.25) is 0 Å². The molecule has 2 aliphatic heterocycles. The minimum Gasteiger partial charge on any atom is -0.388 e. The summed E-state index contributed by atoms with van der Waals surface area (Å²) in [5.74, 6) is 0. The van der Waals surface area contributed by atoms with Crippen molar-refractivity contribution in [2.45, 2.75) is 37.5 Å². The van der Waals surface area contributed by atoms with E-state index >= 15 is 0 Å². The van der Waals surface area contributed by atoms with Gasteiger partial charge in [-0.25, -0.2) is 0 Å². The molecule has 3 unspecified atom stereocenters. The van der Waals surface area contributed by atoms with Gasteiger partial charge in [-0.05, 0) is 19.8 Å². The Morgan fingerprint density at radius 3 is 2.50 bits per heavy atom. The van der Waals surface area contributed by atoms with Gasteiger partial charge < -0.3 is 15.6 Å². The van der Waals surface area contributed by atoms with Gasteiger partial charge in [-0.15, -0.1) is 0 Å². The maximum absolute atomic E-state index is 9.93. The van der Waals surface area contributed by atoms with Gasteiger partial charge in [0.1, 0.15) is 0 Å². The maximum atomic E-state index is 9.93. The fourth-order valence-electron chi connectivity index (χ4n) is 2.43. The van der Waals surface area contributed by atoms with Crippen LogP contribution in [-0.4, -0.2) is 54.0 Å². The summed E-state index contributed by atoms with van der Waals surface area (Å²) in [6.45, 7) is 4.45. The third-order valence-corrected chi connectivity index (χ3v) is 3.35. The number of hydrogen-bond acceptors (Lipinski definition) is 4. The Kier molecular flexibility index (Phi) is 2.79. The Morgan fingerprint density at radius 2 is 2.00 bits per heavy atom. The minimum atomic E-state index is -0.752. The second-order valence-electron chi connectivity index (χ2n) is 4.80. The van der Waals surface area contributed by atoms with E-state index in [0.29, 0.717) is 25.2 Å². The Bertz CT molecular complexity index is 192. The van der Waals surface area contributed by atoms with E-state index in [-0.39, 0.29) is 0 Å². The van der Waals surface area contributed by atoms with Crippen LogP contribution in [0.1, 0.15) is 19.8 Å². The minimum absolute atomic E-state index is 0.323. The lowest BCUT2D eigenvalue weighted by Crippen LogP contribution is -2.54. The van der Waals surface area contributed by atoms with Crippen molar-refractivity contribution in [2.24, 2.45) is 5.73 Å². The fourth-order valence-corrected chi connectivity index (χ4v) is 2.43. The van der Waals surface area contributed by atoms with E-state index in [0.717, 1.165) is 13.2 Å². The van der Waals surface area contributed by atoms with Crippen LogP contribution in [0, 0.1) is 0 Å². The average molecular weight is 200 g/mol. The molecule has 0 radical (unpaired) electrons. The molecule has 0 saturated carbocycles. The standard InChI is InChI=1S/C10H20N2O2/c1-10(13,6-11)7-12-8-2-3-9(12)5-14-4-8/h8-9,13H,2-7,11H2,1H3. The predicted molar refractivity (Wildman–Crippen MR) is 54.0 cm³/mol. The summed E-state index contributed by atoms with van der Waals surface area (Å²) in [6.07, 6.45) is 2.40. The molecule has 2 heterocycles. The third-order valence-electron chi connectivity index (χ3n) is 3.35. The number of fused-ring (bicyclic) bond motifs is 2. The lowest BCUT2D eigenvalue weighted by atomic mass is 10.1. The average Bonchev–Trinajstić information content (AvgIpc) is 2.41. The van der Waals surface area contributed by atoms with E-state index in [4.69, 9.17) is 10.5 Å². The molecule has 4 heteroatoms. The molecule has 2 rings (SSSR count). The zero-order valence-corrected chi connectivity index (χ0v) is 8.78. The molecule has 0 aromatic carbocycles. The second-order valence-corrected chi connectivity index (χ2v) is 4.80. The molecule has 0 aliphatic carbocycles. The molecule has 0 spiro atoms. The van der Waals surface area contributed by atoms with Gasteiger partial charge in [-0.3, -0.25) is 4.90 Å². The molecule has 0 aromatic rings. The Labute approximate surface area is 85.0 Å². The molecule has 2 aliphatic rings. The number of aliphatic hydroxyl groups is 1. The smallest absolute Gasteiger partial charge is 0.0867 e. The van der Waals surface area contributed by atoms with E-state index in [1.54, 1.807) is 0 Å². The molecule has 4 nitrogen and oxygen atoms in total. The fraction of sp³-hybridized carbons (Fsp3) is 1.00. The van der Waals surface area contributed by atoms with Gasteiger partial charge in [-0.1, -0.05) is 0 Å². The number of nitrogens with two attached hydrogens (primary N) is 1. The van der Waals surface area contributed by atoms with E-state index in [2.05, 4.69) is 4.90 Å². The van der Waals surface area contributed by atoms with Crippen molar-refractivity contribution < 1.29 is 9.84 Å². The summed E-state index contributed by atoms with van der Waals surface area (Å²) in [6, 6.07) is 1.01. The highest BCUT2D eigenvalue weighted by Gasteiger charge is 2.39. The first kappa shape index (κ1) is 10.4. The molecule has 2 bridgehead atoms. The van der Waals surface area contributed by atoms with E-state index < -0.39 is 5.60 Å². The molecule has 2 fully saturated rings. The monoisotopic (exact) mass is 200 g/mol. The first-order chi connectivity index (χ1) is 6.62. The van der Waals surface area contributed by atoms with Crippen LogP contribution >= 0.6 is 0 Å². The summed E-state index contributed by atoms with van der Waals surface area (Å²) in [5.41, 5.74) is 4.78. The van der Waals surface area contributed by atoms with Crippen molar-refractivity contribution in [2.75, 3.05) is 26.3 Å². The topological polar surface area (TPSA) is 58.7 Å². The zero-order chi connectivity index (χ0) is 10.2. The summed E-state index contributed by atoms with van der Waals surface area (Å²) in [7, 11) is 0. The van der Waals surface area contributed by atoms with Crippen molar-refractivity contribution in [1.82, 2.24) is 4.90 Å². The predicted octanol–water partition coefficient (Wildman–Crippen LogP) is -0.441. The SMILES string of the molecule is CC(O)(CN)CN1C2CCC1COC2. The normalized spacial score (nSPS) is 37.1. The van der Waals surface area contributed by atoms with Crippen molar-refractivity contribution in [3.8, 4) is 0 Å². The molecule has 0 amide bonds. The van der Waals surface area contributed by atoms with Gasteiger partial charge in [0, 0.05) is 25.2 Å². The molecule has 3 N–H and O–H groups in total. The van der Waals surface area contributed by atoms with Crippen molar-refractivity contribution in [3.05, 3.63) is 0 Å². The molecule has 82 valence electrons. The first-order valence-electron chi connectivity index (χ1n) is 5.38. The Hall–Kier alpha value is -0.160. The Balaban J connectivity index is 1.98. The van der Waals surface area contributed by atoms with Gasteiger partial charge in [0.2, 0.25) is 0 Å². The Morgan fingerprint density at radius 1 is 1.43 bits per heavy atom. The van der Waals surface area contributed by atoms with E-state index in [9.17, 15) is 5.11 Å². The van der Waals surface area contributed by atoms with E-state index in [1.807, 2.05) is 6.92 Å². The number of nitrogens with zero attached hydrogens (tertiary/aromatic N) is 1. The quantitative estimate of drug-likeness (QED) is 0.648. The zero-order valence-electron chi connectivity index (χ0n) is 8.78. The number of ether oxygens (including phenoxy) is 1. The van der Waals surface area contributed by atoms with Gasteiger partial charge in [0.25, 0.3) is 0 Å². The van der Waals surface area contributed by atoms with Crippen LogP contribution in [0.25, 0.3) is 0 Å². The number of morpholine rings is 1. The van der Waals surface area contributed by atoms with E-state index in [1.165, 1.54) is 12.8 Å². The number of hydrogen-bond donors (Lipinski definition) is 2. The van der Waals surface area contributed by atoms with Crippen LogP contribution in [0.5, 0.6) is 0 Å². The van der Waals surface area contributed by atoms with Gasteiger partial charge in [-0.2, -0.15) is 0 Å². The summed E-state index contributed by atoms with van der Waals surface area (Å²) in [5, 5.41) is 9.93. The van der Waals surface area contributed by atoms with Crippen LogP contribution < -0.4 is 5.73 Å². The summed E-state index contributed by atoms with van der Waals surface area (Å²) >= 11 is 0. The lowest BCUT2D eigenvalue weighted by molar-refractivity contribution is -0.0559. The van der Waals surface area contributed by atoms with Crippen molar-refractivity contribution >= 4 is 0 Å². The molecule has 3 atom stereocenters. The molecule has 14 heavy (non-hydrogen) atoms. The molecular formula is C10H20N2O2. The van der Waals surface area contributed by atoms with Gasteiger partial charge in [0.15, 0.2) is 0 Å². The van der Waals surface area contributed by atoms with Gasteiger partial charge in [0.05, 0.1) is 18.8 Å². The second kappa shape index (κ2) is 3.77. The first-order valence-corrected chi connectivity index (χ1v) is 5.38. The van der Waals surface area contributed by atoms with Crippen LogP contribution in [-0.2, 0) is 4.74 Å². The highest BCUT2D eigenvalue weighted by Crippen LogP contribution is 2.29. The maximum Gasteiger partial charge on any atom is 0.0867 e. The lowest BCUT2D eigenvalue weighted by Gasteiger charge is -2.38. The van der Waals surface area contributed by atoms with Crippen molar-refractivity contribution in [1.29, 1.82) is 0 Å². The highest BCUT2D eigenvalue weighted by atomic mass is 16.5. The highest BCUT2D eigenvalue weighted by molar-refractivity contribution is 4.94. The van der Waals surface area contributed by atoms with Crippen LogP contribution in [0.15, 0.2) is 0 Å².